The maximum Gasteiger partial charge on any atom is 0.0316 e. The van der Waals surface area contributed by atoms with E-state index in [1.165, 1.54) is 24.0 Å². The number of rotatable bonds is 1. The number of benzene rings is 1. The van der Waals surface area contributed by atoms with Gasteiger partial charge in [0.05, 0.1) is 0 Å². The van der Waals surface area contributed by atoms with E-state index in [1.54, 1.807) is 0 Å². The smallest absolute Gasteiger partial charge is 0.0316 e. The van der Waals surface area contributed by atoms with Crippen LogP contribution in [0.3, 0.4) is 0 Å². The molecule has 2 rings (SSSR count). The largest absolute Gasteiger partial charge is 0.399 e. The Labute approximate surface area is 85.7 Å². The van der Waals surface area contributed by atoms with E-state index >= 15 is 0 Å². The van der Waals surface area contributed by atoms with Crippen LogP contribution >= 0.6 is 0 Å². The van der Waals surface area contributed by atoms with Crippen LogP contribution < -0.4 is 5.73 Å². The number of anilines is 1. The van der Waals surface area contributed by atoms with Crippen molar-refractivity contribution in [2.45, 2.75) is 25.3 Å². The molecule has 1 aromatic carbocycles. The molecule has 1 aromatic rings. The van der Waals surface area contributed by atoms with Crippen molar-refractivity contribution >= 4 is 5.69 Å². The molecule has 0 bridgehead atoms. The van der Waals surface area contributed by atoms with Gasteiger partial charge in [-0.05, 0) is 56.6 Å². The SMILES string of the molecule is CN(C)C1CCc2ccc(N)cc2C1. The summed E-state index contributed by atoms with van der Waals surface area (Å²) < 4.78 is 0. The fourth-order valence-corrected chi connectivity index (χ4v) is 2.20. The fourth-order valence-electron chi connectivity index (χ4n) is 2.20. The highest BCUT2D eigenvalue weighted by atomic mass is 15.1. The molecule has 0 amide bonds. The zero-order valence-electron chi connectivity index (χ0n) is 8.96. The number of hydrogen-bond donors (Lipinski definition) is 1. The minimum absolute atomic E-state index is 0.685. The average Bonchev–Trinajstić information content (AvgIpc) is 2.16. The first-order chi connectivity index (χ1) is 6.66. The molecule has 1 unspecified atom stereocenters. The van der Waals surface area contributed by atoms with Crippen molar-refractivity contribution in [3.8, 4) is 0 Å². The summed E-state index contributed by atoms with van der Waals surface area (Å²) in [4.78, 5) is 2.31. The van der Waals surface area contributed by atoms with Gasteiger partial charge in [-0.3, -0.25) is 0 Å². The molecule has 0 spiro atoms. The number of nitrogens with zero attached hydrogens (tertiary/aromatic N) is 1. The monoisotopic (exact) mass is 190 g/mol. The lowest BCUT2D eigenvalue weighted by Crippen LogP contribution is -2.33. The fraction of sp³-hybridized carbons (Fsp3) is 0.500. The quantitative estimate of drug-likeness (QED) is 0.683. The molecule has 0 aromatic heterocycles. The Morgan fingerprint density at radius 2 is 2.07 bits per heavy atom. The first kappa shape index (κ1) is 9.53. The summed E-state index contributed by atoms with van der Waals surface area (Å²) in [5.41, 5.74) is 9.60. The van der Waals surface area contributed by atoms with E-state index in [2.05, 4.69) is 31.1 Å². The zero-order valence-corrected chi connectivity index (χ0v) is 8.96. The Morgan fingerprint density at radius 3 is 2.79 bits per heavy atom. The van der Waals surface area contributed by atoms with E-state index in [-0.39, 0.29) is 0 Å². The minimum Gasteiger partial charge on any atom is -0.399 e. The summed E-state index contributed by atoms with van der Waals surface area (Å²) in [6.45, 7) is 0. The van der Waals surface area contributed by atoms with Crippen molar-refractivity contribution < 1.29 is 0 Å². The summed E-state index contributed by atoms with van der Waals surface area (Å²) >= 11 is 0. The highest BCUT2D eigenvalue weighted by molar-refractivity contribution is 5.46. The molecule has 0 saturated heterocycles. The van der Waals surface area contributed by atoms with E-state index in [0.29, 0.717) is 6.04 Å². The molecule has 0 radical (unpaired) electrons. The molecule has 0 aliphatic heterocycles. The number of likely N-dealkylation sites (N-methyl/N-ethyl adjacent to an activating group) is 1. The van der Waals surface area contributed by atoms with Crippen molar-refractivity contribution in [1.82, 2.24) is 4.90 Å². The predicted molar refractivity (Wildman–Crippen MR) is 60.4 cm³/mol. The number of nitrogen functional groups attached to an aromatic ring is 1. The van der Waals surface area contributed by atoms with Gasteiger partial charge in [-0.15, -0.1) is 0 Å². The third-order valence-electron chi connectivity index (χ3n) is 3.16. The number of fused-ring (bicyclic) bond motifs is 1. The first-order valence-electron chi connectivity index (χ1n) is 5.20. The van der Waals surface area contributed by atoms with Gasteiger partial charge in [-0.25, -0.2) is 0 Å². The molecular formula is C12H18N2. The van der Waals surface area contributed by atoms with E-state index < -0.39 is 0 Å². The molecule has 0 fully saturated rings. The number of hydrogen-bond acceptors (Lipinski definition) is 2. The van der Waals surface area contributed by atoms with Gasteiger partial charge in [0, 0.05) is 11.7 Å². The summed E-state index contributed by atoms with van der Waals surface area (Å²) in [5.74, 6) is 0. The van der Waals surface area contributed by atoms with Crippen LogP contribution in [-0.2, 0) is 12.8 Å². The molecule has 0 saturated carbocycles. The molecule has 2 N–H and O–H groups in total. The van der Waals surface area contributed by atoms with Gasteiger partial charge in [0.15, 0.2) is 0 Å². The second-order valence-corrected chi connectivity index (χ2v) is 4.39. The second kappa shape index (κ2) is 3.62. The standard InChI is InChI=1S/C12H18N2/c1-14(2)12-6-4-9-3-5-11(13)7-10(9)8-12/h3,5,7,12H,4,6,8,13H2,1-2H3. The number of nitrogens with two attached hydrogens (primary N) is 1. The van der Waals surface area contributed by atoms with Gasteiger partial charge < -0.3 is 10.6 Å². The van der Waals surface area contributed by atoms with Crippen LogP contribution in [0.4, 0.5) is 5.69 Å². The average molecular weight is 190 g/mol. The van der Waals surface area contributed by atoms with Crippen molar-refractivity contribution in [3.63, 3.8) is 0 Å². The van der Waals surface area contributed by atoms with Crippen LogP contribution in [0, 0.1) is 0 Å². The van der Waals surface area contributed by atoms with Gasteiger partial charge in [0.25, 0.3) is 0 Å². The molecule has 1 aliphatic rings. The van der Waals surface area contributed by atoms with Crippen molar-refractivity contribution in [1.29, 1.82) is 0 Å². The Morgan fingerprint density at radius 1 is 1.29 bits per heavy atom. The van der Waals surface area contributed by atoms with Crippen molar-refractivity contribution in [2.75, 3.05) is 19.8 Å². The second-order valence-electron chi connectivity index (χ2n) is 4.39. The van der Waals surface area contributed by atoms with Gasteiger partial charge in [0.2, 0.25) is 0 Å². The van der Waals surface area contributed by atoms with E-state index in [4.69, 9.17) is 5.73 Å². The molecule has 2 nitrogen and oxygen atoms in total. The van der Waals surface area contributed by atoms with E-state index in [9.17, 15) is 0 Å². The topological polar surface area (TPSA) is 29.3 Å². The number of aryl methyl sites for hydroxylation is 1. The molecule has 1 atom stereocenters. The zero-order chi connectivity index (χ0) is 10.1. The van der Waals surface area contributed by atoms with Crippen LogP contribution in [-0.4, -0.2) is 25.0 Å². The van der Waals surface area contributed by atoms with Crippen LogP contribution in [0.25, 0.3) is 0 Å². The maximum atomic E-state index is 5.79. The molecular weight excluding hydrogens is 172 g/mol. The Kier molecular flexibility index (Phi) is 2.46. The molecule has 76 valence electrons. The predicted octanol–water partition coefficient (Wildman–Crippen LogP) is 1.69. The minimum atomic E-state index is 0.685. The van der Waals surface area contributed by atoms with Crippen LogP contribution in [0.15, 0.2) is 18.2 Å². The van der Waals surface area contributed by atoms with Gasteiger partial charge in [0.1, 0.15) is 0 Å². The Balaban J connectivity index is 2.24. The van der Waals surface area contributed by atoms with E-state index in [0.717, 1.165) is 12.1 Å². The van der Waals surface area contributed by atoms with E-state index in [1.807, 2.05) is 6.07 Å². The lowest BCUT2D eigenvalue weighted by molar-refractivity contribution is 0.268. The Bertz CT molecular complexity index is 331. The van der Waals surface area contributed by atoms with Gasteiger partial charge in [-0.2, -0.15) is 0 Å². The third kappa shape index (κ3) is 1.75. The first-order valence-corrected chi connectivity index (χ1v) is 5.20. The molecule has 14 heavy (non-hydrogen) atoms. The third-order valence-corrected chi connectivity index (χ3v) is 3.16. The molecule has 2 heteroatoms. The lowest BCUT2D eigenvalue weighted by atomic mass is 9.87. The van der Waals surface area contributed by atoms with Gasteiger partial charge in [-0.1, -0.05) is 6.07 Å². The lowest BCUT2D eigenvalue weighted by Gasteiger charge is -2.29. The summed E-state index contributed by atoms with van der Waals surface area (Å²) in [7, 11) is 4.31. The van der Waals surface area contributed by atoms with Crippen LogP contribution in [0.5, 0.6) is 0 Å². The molecule has 1 aliphatic carbocycles. The highest BCUT2D eigenvalue weighted by Crippen LogP contribution is 2.25. The Hall–Kier alpha value is -1.02. The van der Waals surface area contributed by atoms with Crippen LogP contribution in [0.2, 0.25) is 0 Å². The molecule has 0 heterocycles. The normalized spacial score (nSPS) is 20.9. The summed E-state index contributed by atoms with van der Waals surface area (Å²) in [6, 6.07) is 7.00. The summed E-state index contributed by atoms with van der Waals surface area (Å²) in [5, 5.41) is 0. The van der Waals surface area contributed by atoms with Crippen LogP contribution in [0.1, 0.15) is 17.5 Å². The summed E-state index contributed by atoms with van der Waals surface area (Å²) in [6.07, 6.45) is 3.61. The van der Waals surface area contributed by atoms with Gasteiger partial charge >= 0.3 is 0 Å². The highest BCUT2D eigenvalue weighted by Gasteiger charge is 2.19. The van der Waals surface area contributed by atoms with Crippen molar-refractivity contribution in [2.24, 2.45) is 0 Å². The maximum absolute atomic E-state index is 5.79. The van der Waals surface area contributed by atoms with Crippen molar-refractivity contribution in [3.05, 3.63) is 29.3 Å².